The van der Waals surface area contributed by atoms with Crippen LogP contribution in [0.1, 0.15) is 15.9 Å². The third-order valence-corrected chi connectivity index (χ3v) is 4.15. The summed E-state index contributed by atoms with van der Waals surface area (Å²) in [5, 5.41) is 42.5. The van der Waals surface area contributed by atoms with Crippen LogP contribution in [0, 0.1) is 40.5 Å². The molecule has 0 aromatic heterocycles. The van der Waals surface area contributed by atoms with Gasteiger partial charge in [-0.05, 0) is 0 Å². The van der Waals surface area contributed by atoms with E-state index in [9.17, 15) is 45.3 Å². The Bertz CT molecular complexity index is 932. The van der Waals surface area contributed by atoms with Crippen molar-refractivity contribution in [3.63, 3.8) is 0 Å². The number of hydrogen-bond acceptors (Lipinski definition) is 9. The topological polar surface area (TPSA) is 190 Å². The van der Waals surface area contributed by atoms with E-state index in [1.165, 1.54) is 0 Å². The summed E-state index contributed by atoms with van der Waals surface area (Å²) in [6.45, 7) is 0. The summed E-state index contributed by atoms with van der Waals surface area (Å²) in [7, 11) is 0. The first-order valence-electron chi connectivity index (χ1n) is 6.75. The second-order valence-corrected chi connectivity index (χ2v) is 5.77. The molecule has 0 amide bonds. The summed E-state index contributed by atoms with van der Waals surface area (Å²) in [6.07, 6.45) is 0. The van der Waals surface area contributed by atoms with E-state index >= 15 is 0 Å². The van der Waals surface area contributed by atoms with E-state index in [0.29, 0.717) is 24.3 Å². The Morgan fingerprint density at radius 3 is 1.00 bits per heavy atom. The van der Waals surface area contributed by atoms with Crippen LogP contribution in [0.15, 0.2) is 24.3 Å². The summed E-state index contributed by atoms with van der Waals surface area (Å²) < 4.78 is 0. The second kappa shape index (κ2) is 7.50. The molecule has 2 rings (SSSR count). The van der Waals surface area contributed by atoms with Gasteiger partial charge >= 0.3 is 0 Å². The minimum absolute atomic E-state index is 0.615. The molecule has 0 aliphatic heterocycles. The number of benzene rings is 2. The lowest BCUT2D eigenvalue weighted by Gasteiger charge is -2.05. The zero-order valence-electron chi connectivity index (χ0n) is 13.0. The Morgan fingerprint density at radius 1 is 0.607 bits per heavy atom. The molecule has 0 N–H and O–H groups in total. The van der Waals surface area contributed by atoms with Gasteiger partial charge in [0.25, 0.3) is 22.7 Å². The lowest BCUT2D eigenvalue weighted by atomic mass is 10.0. The van der Waals surface area contributed by atoms with Gasteiger partial charge in [0.15, 0.2) is 15.8 Å². The van der Waals surface area contributed by atoms with Crippen LogP contribution in [-0.4, -0.2) is 25.5 Å². The van der Waals surface area contributed by atoms with Crippen LogP contribution < -0.4 is 0 Å². The molecule has 0 aliphatic rings. The maximum Gasteiger partial charge on any atom is 0.295 e. The number of carbonyl (C=O) groups is 1. The van der Waals surface area contributed by atoms with E-state index in [2.05, 4.69) is 0 Å². The van der Waals surface area contributed by atoms with Crippen LogP contribution in [-0.2, 0) is 0 Å². The summed E-state index contributed by atoms with van der Waals surface area (Å²) in [6, 6.07) is 2.46. The smallest absolute Gasteiger partial charge is 0.289 e. The lowest BCUT2D eigenvalue weighted by Crippen LogP contribution is -2.07. The molecule has 13 nitrogen and oxygen atoms in total. The summed E-state index contributed by atoms with van der Waals surface area (Å²) in [5.74, 6) is -1.19. The molecule has 144 valence electrons. The fourth-order valence-corrected chi connectivity index (χ4v) is 2.64. The van der Waals surface area contributed by atoms with Gasteiger partial charge in [0.2, 0.25) is 0 Å². The largest absolute Gasteiger partial charge is 0.295 e. The number of hydrogen-bond donors (Lipinski definition) is 0. The highest BCUT2D eigenvalue weighted by molar-refractivity contribution is 6.35. The van der Waals surface area contributed by atoms with Crippen LogP contribution in [0.2, 0.25) is 10.0 Å². The van der Waals surface area contributed by atoms with Crippen LogP contribution >= 0.6 is 23.2 Å². The molecule has 0 saturated carbocycles. The van der Waals surface area contributed by atoms with Crippen LogP contribution in [0.5, 0.6) is 0 Å². The van der Waals surface area contributed by atoms with Crippen LogP contribution in [0.4, 0.5) is 22.7 Å². The van der Waals surface area contributed by atoms with Crippen molar-refractivity contribution >= 4 is 51.7 Å². The summed E-state index contributed by atoms with van der Waals surface area (Å²) >= 11 is 11.2. The summed E-state index contributed by atoms with van der Waals surface area (Å²) in [4.78, 5) is 52.4. The van der Waals surface area contributed by atoms with E-state index in [1.807, 2.05) is 0 Å². The monoisotopic (exact) mass is 430 g/mol. The number of carbonyl (C=O) groups excluding carboxylic acids is 1. The van der Waals surface area contributed by atoms with Crippen molar-refractivity contribution in [2.45, 2.75) is 0 Å². The number of nitrogens with zero attached hydrogens (tertiary/aromatic N) is 4. The fraction of sp³-hybridized carbons (Fsp3) is 0. The second-order valence-electron chi connectivity index (χ2n) is 5.01. The molecule has 0 atom stereocenters. The molecule has 0 aliphatic carbocycles. The molecular formula is C13H4Cl2N4O9. The molecular weight excluding hydrogens is 427 g/mol. The Morgan fingerprint density at radius 2 is 0.821 bits per heavy atom. The lowest BCUT2D eigenvalue weighted by molar-refractivity contribution is -0.394. The van der Waals surface area contributed by atoms with E-state index in [0.717, 1.165) is 0 Å². The van der Waals surface area contributed by atoms with E-state index in [4.69, 9.17) is 23.2 Å². The average Bonchev–Trinajstić information content (AvgIpc) is 2.60. The van der Waals surface area contributed by atoms with Gasteiger partial charge in [0, 0.05) is 35.4 Å². The highest BCUT2D eigenvalue weighted by atomic mass is 35.5. The first kappa shape index (κ1) is 20.6. The number of nitro groups is 4. The number of rotatable bonds is 6. The van der Waals surface area contributed by atoms with Gasteiger partial charge < -0.3 is 0 Å². The third kappa shape index (κ3) is 3.70. The van der Waals surface area contributed by atoms with Gasteiger partial charge in [-0.15, -0.1) is 0 Å². The van der Waals surface area contributed by atoms with E-state index in [1.54, 1.807) is 0 Å². The Hall–Kier alpha value is -3.71. The SMILES string of the molecule is O=C(c1cc([N+](=O)[O-])c(Cl)c([N+](=O)[O-])c1)c1cc([N+](=O)[O-])c(Cl)c([N+](=O)[O-])c1. The predicted molar refractivity (Wildman–Crippen MR) is 93.0 cm³/mol. The van der Waals surface area contributed by atoms with Crippen molar-refractivity contribution in [1.82, 2.24) is 0 Å². The Kier molecular flexibility index (Phi) is 5.51. The van der Waals surface area contributed by atoms with Gasteiger partial charge in [-0.1, -0.05) is 23.2 Å². The van der Waals surface area contributed by atoms with E-state index in [-0.39, 0.29) is 0 Å². The molecule has 2 aromatic carbocycles. The Balaban J connectivity index is 2.76. The molecule has 0 bridgehead atoms. The van der Waals surface area contributed by atoms with E-state index < -0.39 is 69.4 Å². The highest BCUT2D eigenvalue weighted by Gasteiger charge is 2.31. The number of ketones is 1. The van der Waals surface area contributed by atoms with Crippen molar-refractivity contribution in [2.75, 3.05) is 0 Å². The molecule has 0 unspecified atom stereocenters. The normalized spacial score (nSPS) is 10.4. The van der Waals surface area contributed by atoms with Gasteiger partial charge in [0.1, 0.15) is 0 Å². The number of halogens is 2. The third-order valence-electron chi connectivity index (χ3n) is 3.38. The fourth-order valence-electron chi connectivity index (χ4n) is 2.15. The van der Waals surface area contributed by atoms with Crippen molar-refractivity contribution < 1.29 is 24.5 Å². The van der Waals surface area contributed by atoms with Gasteiger partial charge in [-0.25, -0.2) is 0 Å². The molecule has 0 heterocycles. The molecule has 28 heavy (non-hydrogen) atoms. The molecule has 0 saturated heterocycles. The highest BCUT2D eigenvalue weighted by Crippen LogP contribution is 2.38. The molecule has 0 fully saturated rings. The zero-order valence-corrected chi connectivity index (χ0v) is 14.5. The van der Waals surface area contributed by atoms with Gasteiger partial charge in [0.05, 0.1) is 19.7 Å². The summed E-state index contributed by atoms with van der Waals surface area (Å²) in [5.41, 5.74) is -5.11. The molecule has 0 spiro atoms. The molecule has 0 radical (unpaired) electrons. The minimum Gasteiger partial charge on any atom is -0.289 e. The minimum atomic E-state index is -1.19. The average molecular weight is 431 g/mol. The van der Waals surface area contributed by atoms with Crippen molar-refractivity contribution in [3.8, 4) is 0 Å². The van der Waals surface area contributed by atoms with Gasteiger partial charge in [-0.3, -0.25) is 45.3 Å². The standard InChI is InChI=1S/C13H4Cl2N4O9/c14-11-7(16(21)22)1-5(2-8(11)17(23)24)13(20)6-3-9(18(25)26)12(15)10(4-6)19(27)28/h1-4H. The van der Waals surface area contributed by atoms with Crippen molar-refractivity contribution in [1.29, 1.82) is 0 Å². The quantitative estimate of drug-likeness (QED) is 0.371. The molecule has 15 heteroatoms. The first-order chi connectivity index (χ1) is 13.0. The predicted octanol–water partition coefficient (Wildman–Crippen LogP) is 3.86. The van der Waals surface area contributed by atoms with Crippen LogP contribution in [0.25, 0.3) is 0 Å². The van der Waals surface area contributed by atoms with Crippen molar-refractivity contribution in [3.05, 3.63) is 85.9 Å². The van der Waals surface area contributed by atoms with Gasteiger partial charge in [-0.2, -0.15) is 0 Å². The van der Waals surface area contributed by atoms with Crippen LogP contribution in [0.3, 0.4) is 0 Å². The Labute approximate surface area is 162 Å². The first-order valence-corrected chi connectivity index (χ1v) is 7.50. The van der Waals surface area contributed by atoms with Crippen molar-refractivity contribution in [2.24, 2.45) is 0 Å². The number of nitro benzene ring substituents is 4. The maximum atomic E-state index is 12.6. The zero-order chi connectivity index (χ0) is 21.3. The molecule has 2 aromatic rings. The maximum absolute atomic E-state index is 12.6.